The lowest BCUT2D eigenvalue weighted by Gasteiger charge is -2.08. The van der Waals surface area contributed by atoms with Crippen molar-refractivity contribution in [3.63, 3.8) is 0 Å². The molecule has 32 heavy (non-hydrogen) atoms. The first kappa shape index (κ1) is 21.5. The van der Waals surface area contributed by atoms with Gasteiger partial charge in [-0.05, 0) is 29.8 Å². The number of ether oxygens (including phenoxy) is 1. The molecule has 0 saturated heterocycles. The van der Waals surface area contributed by atoms with E-state index in [9.17, 15) is 9.59 Å². The van der Waals surface area contributed by atoms with Crippen LogP contribution in [0.4, 0.5) is 0 Å². The van der Waals surface area contributed by atoms with Gasteiger partial charge in [0.25, 0.3) is 11.8 Å². The highest BCUT2D eigenvalue weighted by atomic mass is 35.5. The minimum absolute atomic E-state index is 0.205. The van der Waals surface area contributed by atoms with E-state index in [1.165, 1.54) is 0 Å². The lowest BCUT2D eigenvalue weighted by molar-refractivity contribution is 0.0913. The Bertz CT molecular complexity index is 1270. The molecular formula is C25H21ClN2O4. The summed E-state index contributed by atoms with van der Waals surface area (Å²) < 4.78 is 11.2. The Kier molecular flexibility index (Phi) is 6.42. The largest absolute Gasteiger partial charge is 0.497 e. The zero-order chi connectivity index (χ0) is 22.5. The number of methoxy groups -OCH3 is 1. The van der Waals surface area contributed by atoms with Crippen LogP contribution in [-0.2, 0) is 0 Å². The minimum atomic E-state index is -0.369. The molecule has 0 aliphatic carbocycles. The van der Waals surface area contributed by atoms with E-state index in [0.29, 0.717) is 27.5 Å². The predicted molar refractivity (Wildman–Crippen MR) is 124 cm³/mol. The van der Waals surface area contributed by atoms with Crippen LogP contribution in [0.15, 0.2) is 77.2 Å². The highest BCUT2D eigenvalue weighted by molar-refractivity contribution is 6.33. The smallest absolute Gasteiger partial charge is 0.287 e. The lowest BCUT2D eigenvalue weighted by atomic mass is 10.0. The van der Waals surface area contributed by atoms with Crippen molar-refractivity contribution in [2.24, 2.45) is 0 Å². The minimum Gasteiger partial charge on any atom is -0.497 e. The van der Waals surface area contributed by atoms with Crippen molar-refractivity contribution in [1.82, 2.24) is 10.6 Å². The summed E-state index contributed by atoms with van der Waals surface area (Å²) in [6.07, 6.45) is 0. The van der Waals surface area contributed by atoms with Gasteiger partial charge in [0.2, 0.25) is 5.76 Å². The van der Waals surface area contributed by atoms with Crippen LogP contribution in [0.1, 0.15) is 20.9 Å². The van der Waals surface area contributed by atoms with Gasteiger partial charge in [-0.2, -0.15) is 0 Å². The molecule has 3 aromatic carbocycles. The molecular weight excluding hydrogens is 428 g/mol. The molecule has 0 atom stereocenters. The van der Waals surface area contributed by atoms with Gasteiger partial charge in [-0.25, -0.2) is 0 Å². The third kappa shape index (κ3) is 4.45. The molecule has 4 aromatic rings. The molecule has 6 nitrogen and oxygen atoms in total. The molecule has 0 unspecified atom stereocenters. The molecule has 0 fully saturated rings. The molecule has 0 aliphatic rings. The van der Waals surface area contributed by atoms with Gasteiger partial charge in [-0.15, -0.1) is 0 Å². The van der Waals surface area contributed by atoms with Crippen molar-refractivity contribution < 1.29 is 18.7 Å². The summed E-state index contributed by atoms with van der Waals surface area (Å²) in [5.41, 5.74) is 2.52. The van der Waals surface area contributed by atoms with E-state index in [-0.39, 0.29) is 30.7 Å². The van der Waals surface area contributed by atoms with Gasteiger partial charge in [-0.1, -0.05) is 54.1 Å². The lowest BCUT2D eigenvalue weighted by Crippen LogP contribution is -2.34. The van der Waals surface area contributed by atoms with Gasteiger partial charge in [0.15, 0.2) is 0 Å². The van der Waals surface area contributed by atoms with E-state index < -0.39 is 0 Å². The number of amides is 2. The summed E-state index contributed by atoms with van der Waals surface area (Å²) >= 11 is 6.05. The second-order valence-corrected chi connectivity index (χ2v) is 7.43. The maximum atomic E-state index is 13.0. The van der Waals surface area contributed by atoms with E-state index in [4.69, 9.17) is 20.8 Å². The first-order chi connectivity index (χ1) is 15.6. The molecule has 0 spiro atoms. The molecule has 0 saturated carbocycles. The average molecular weight is 449 g/mol. The van der Waals surface area contributed by atoms with Crippen LogP contribution >= 0.6 is 11.6 Å². The number of benzene rings is 3. The number of fused-ring (bicyclic) bond motifs is 1. The monoisotopic (exact) mass is 448 g/mol. The highest BCUT2D eigenvalue weighted by Crippen LogP contribution is 2.36. The highest BCUT2D eigenvalue weighted by Gasteiger charge is 2.22. The Labute approximate surface area is 190 Å². The second-order valence-electron chi connectivity index (χ2n) is 7.03. The van der Waals surface area contributed by atoms with Crippen molar-refractivity contribution in [1.29, 1.82) is 0 Å². The molecule has 0 bridgehead atoms. The standard InChI is InChI=1S/C25H21ClN2O4/c1-31-17-11-12-19-21(15-17)32-23(22(19)16-7-3-2-4-8-16)25(30)28-14-13-27-24(29)18-9-5-6-10-20(18)26/h2-12,15H,13-14H2,1H3,(H,27,29)(H,28,30). The van der Waals surface area contributed by atoms with E-state index >= 15 is 0 Å². The van der Waals surface area contributed by atoms with Crippen LogP contribution in [0.2, 0.25) is 5.02 Å². The van der Waals surface area contributed by atoms with Crippen LogP contribution in [-0.4, -0.2) is 32.0 Å². The number of nitrogens with one attached hydrogen (secondary N) is 2. The second kappa shape index (κ2) is 9.58. The number of rotatable bonds is 7. The molecule has 0 radical (unpaired) electrons. The number of halogens is 1. The van der Waals surface area contributed by atoms with Crippen molar-refractivity contribution in [3.8, 4) is 16.9 Å². The van der Waals surface area contributed by atoms with Gasteiger partial charge in [0.05, 0.1) is 17.7 Å². The first-order valence-electron chi connectivity index (χ1n) is 10.1. The maximum Gasteiger partial charge on any atom is 0.287 e. The molecule has 2 N–H and O–H groups in total. The maximum absolute atomic E-state index is 13.0. The predicted octanol–water partition coefficient (Wildman–Crippen LogP) is 4.92. The number of carbonyl (C=O) groups excluding carboxylic acids is 2. The van der Waals surface area contributed by atoms with Crippen LogP contribution in [0.3, 0.4) is 0 Å². The summed E-state index contributed by atoms with van der Waals surface area (Å²) in [6.45, 7) is 0.466. The third-order valence-corrected chi connectivity index (χ3v) is 5.31. The fraction of sp³-hybridized carbons (Fsp3) is 0.120. The van der Waals surface area contributed by atoms with Gasteiger partial charge in [0.1, 0.15) is 11.3 Å². The fourth-order valence-corrected chi connectivity index (χ4v) is 3.65. The van der Waals surface area contributed by atoms with E-state index in [2.05, 4.69) is 10.6 Å². The molecule has 1 aromatic heterocycles. The number of hydrogen-bond donors (Lipinski definition) is 2. The Morgan fingerprint density at radius 3 is 2.31 bits per heavy atom. The number of hydrogen-bond acceptors (Lipinski definition) is 4. The average Bonchev–Trinajstić information content (AvgIpc) is 3.21. The number of carbonyl (C=O) groups is 2. The topological polar surface area (TPSA) is 80.6 Å². The van der Waals surface area contributed by atoms with Crippen LogP contribution in [0.25, 0.3) is 22.1 Å². The Hall–Kier alpha value is -3.77. The summed E-state index contributed by atoms with van der Waals surface area (Å²) in [7, 11) is 1.58. The first-order valence-corrected chi connectivity index (χ1v) is 10.4. The third-order valence-electron chi connectivity index (χ3n) is 4.98. The van der Waals surface area contributed by atoms with Gasteiger partial charge < -0.3 is 19.8 Å². The normalized spacial score (nSPS) is 10.7. The van der Waals surface area contributed by atoms with Crippen LogP contribution in [0, 0.1) is 0 Å². The number of furan rings is 1. The van der Waals surface area contributed by atoms with E-state index in [1.807, 2.05) is 42.5 Å². The Morgan fingerprint density at radius 1 is 0.906 bits per heavy atom. The van der Waals surface area contributed by atoms with E-state index in [1.54, 1.807) is 37.4 Å². The molecule has 2 amide bonds. The van der Waals surface area contributed by atoms with Crippen molar-refractivity contribution in [2.45, 2.75) is 0 Å². The zero-order valence-corrected chi connectivity index (χ0v) is 18.1. The van der Waals surface area contributed by atoms with Gasteiger partial charge >= 0.3 is 0 Å². The van der Waals surface area contributed by atoms with Gasteiger partial charge in [-0.3, -0.25) is 9.59 Å². The summed E-state index contributed by atoms with van der Waals surface area (Å²) in [5, 5.41) is 6.75. The Balaban J connectivity index is 1.50. The van der Waals surface area contributed by atoms with Crippen LogP contribution < -0.4 is 15.4 Å². The molecule has 7 heteroatoms. The SMILES string of the molecule is COc1ccc2c(-c3ccccc3)c(C(=O)NCCNC(=O)c3ccccc3Cl)oc2c1. The van der Waals surface area contributed by atoms with E-state index in [0.717, 1.165) is 10.9 Å². The summed E-state index contributed by atoms with van der Waals surface area (Å²) in [4.78, 5) is 25.2. The van der Waals surface area contributed by atoms with Crippen molar-refractivity contribution in [3.05, 3.63) is 89.1 Å². The molecule has 4 rings (SSSR count). The quantitative estimate of drug-likeness (QED) is 0.393. The molecule has 162 valence electrons. The Morgan fingerprint density at radius 2 is 1.59 bits per heavy atom. The van der Waals surface area contributed by atoms with Crippen LogP contribution in [0.5, 0.6) is 5.75 Å². The summed E-state index contributed by atoms with van der Waals surface area (Å²) in [6, 6.07) is 21.8. The zero-order valence-electron chi connectivity index (χ0n) is 17.4. The summed E-state index contributed by atoms with van der Waals surface area (Å²) in [5.74, 6) is 0.175. The fourth-order valence-electron chi connectivity index (χ4n) is 3.43. The van der Waals surface area contributed by atoms with Gasteiger partial charge in [0, 0.05) is 30.1 Å². The van der Waals surface area contributed by atoms with Crippen molar-refractivity contribution >= 4 is 34.4 Å². The molecule has 0 aliphatic heterocycles. The van der Waals surface area contributed by atoms with Crippen molar-refractivity contribution in [2.75, 3.05) is 20.2 Å². The molecule has 1 heterocycles.